The molecule has 0 spiro atoms. The second kappa shape index (κ2) is 6.17. The van der Waals surface area contributed by atoms with Crippen LogP contribution >= 0.6 is 11.6 Å². The molecule has 92 valence electrons. The SMILES string of the molecule is O=C(NC/C=C/CCl)c1ccnc2ccccc12. The summed E-state index contributed by atoms with van der Waals surface area (Å²) in [7, 11) is 0. The molecular formula is C14H13ClN2O. The smallest absolute Gasteiger partial charge is 0.252 e. The Morgan fingerprint density at radius 2 is 2.11 bits per heavy atom. The predicted molar refractivity (Wildman–Crippen MR) is 73.9 cm³/mol. The van der Waals surface area contributed by atoms with Crippen LogP contribution in [0.2, 0.25) is 0 Å². The van der Waals surface area contributed by atoms with Crippen LogP contribution in [-0.2, 0) is 0 Å². The van der Waals surface area contributed by atoms with Crippen molar-refractivity contribution < 1.29 is 4.79 Å². The van der Waals surface area contributed by atoms with E-state index in [2.05, 4.69) is 10.3 Å². The van der Waals surface area contributed by atoms with Crippen molar-refractivity contribution in [3.63, 3.8) is 0 Å². The number of allylic oxidation sites excluding steroid dienone is 1. The zero-order valence-electron chi connectivity index (χ0n) is 9.77. The van der Waals surface area contributed by atoms with Gasteiger partial charge in [0.15, 0.2) is 0 Å². The Morgan fingerprint density at radius 3 is 2.94 bits per heavy atom. The fourth-order valence-electron chi connectivity index (χ4n) is 1.69. The third-order valence-electron chi connectivity index (χ3n) is 2.53. The molecule has 3 nitrogen and oxygen atoms in total. The number of para-hydroxylation sites is 1. The molecule has 1 aromatic carbocycles. The van der Waals surface area contributed by atoms with Gasteiger partial charge in [-0.3, -0.25) is 9.78 Å². The summed E-state index contributed by atoms with van der Waals surface area (Å²) in [6, 6.07) is 9.31. The van der Waals surface area contributed by atoms with Gasteiger partial charge in [0, 0.05) is 24.0 Å². The molecule has 0 unspecified atom stereocenters. The van der Waals surface area contributed by atoms with E-state index in [1.807, 2.05) is 30.3 Å². The van der Waals surface area contributed by atoms with Gasteiger partial charge in [-0.2, -0.15) is 0 Å². The summed E-state index contributed by atoms with van der Waals surface area (Å²) < 4.78 is 0. The molecule has 0 saturated heterocycles. The zero-order chi connectivity index (χ0) is 12.8. The van der Waals surface area contributed by atoms with Crippen molar-refractivity contribution in [2.45, 2.75) is 0 Å². The van der Waals surface area contributed by atoms with Gasteiger partial charge in [0.05, 0.1) is 11.1 Å². The summed E-state index contributed by atoms with van der Waals surface area (Å²) in [6.07, 6.45) is 5.27. The Kier molecular flexibility index (Phi) is 4.31. The highest BCUT2D eigenvalue weighted by Gasteiger charge is 2.08. The molecule has 18 heavy (non-hydrogen) atoms. The van der Waals surface area contributed by atoms with Crippen LogP contribution in [0, 0.1) is 0 Å². The van der Waals surface area contributed by atoms with Crippen LogP contribution in [-0.4, -0.2) is 23.3 Å². The van der Waals surface area contributed by atoms with Crippen LogP contribution in [0.5, 0.6) is 0 Å². The van der Waals surface area contributed by atoms with Gasteiger partial charge in [-0.05, 0) is 12.1 Å². The fourth-order valence-corrected chi connectivity index (χ4v) is 1.81. The minimum Gasteiger partial charge on any atom is -0.349 e. The number of pyridine rings is 1. The minimum absolute atomic E-state index is 0.104. The maximum Gasteiger partial charge on any atom is 0.252 e. The van der Waals surface area contributed by atoms with Gasteiger partial charge in [-0.25, -0.2) is 0 Å². The predicted octanol–water partition coefficient (Wildman–Crippen LogP) is 2.76. The Morgan fingerprint density at radius 1 is 1.28 bits per heavy atom. The van der Waals surface area contributed by atoms with Crippen molar-refractivity contribution in [3.8, 4) is 0 Å². The van der Waals surface area contributed by atoms with E-state index in [9.17, 15) is 4.79 Å². The number of rotatable bonds is 4. The molecule has 0 bridgehead atoms. The number of halogens is 1. The first-order chi connectivity index (χ1) is 8.83. The van der Waals surface area contributed by atoms with E-state index in [1.165, 1.54) is 0 Å². The van der Waals surface area contributed by atoms with Crippen molar-refractivity contribution in [1.29, 1.82) is 0 Å². The number of benzene rings is 1. The Bertz CT molecular complexity index is 576. The van der Waals surface area contributed by atoms with Gasteiger partial charge in [0.25, 0.3) is 5.91 Å². The molecule has 1 N–H and O–H groups in total. The van der Waals surface area contributed by atoms with Crippen molar-refractivity contribution in [2.24, 2.45) is 0 Å². The summed E-state index contributed by atoms with van der Waals surface area (Å²) >= 11 is 5.50. The summed E-state index contributed by atoms with van der Waals surface area (Å²) in [5.41, 5.74) is 1.46. The molecule has 1 amide bonds. The largest absolute Gasteiger partial charge is 0.349 e. The molecule has 1 aromatic heterocycles. The first kappa shape index (κ1) is 12.6. The molecule has 0 saturated carbocycles. The van der Waals surface area contributed by atoms with E-state index in [1.54, 1.807) is 18.3 Å². The number of fused-ring (bicyclic) bond motifs is 1. The third-order valence-corrected chi connectivity index (χ3v) is 2.71. The monoisotopic (exact) mass is 260 g/mol. The molecule has 0 aliphatic heterocycles. The lowest BCUT2D eigenvalue weighted by Gasteiger charge is -2.05. The van der Waals surface area contributed by atoms with E-state index in [0.29, 0.717) is 18.0 Å². The van der Waals surface area contributed by atoms with Gasteiger partial charge in [0.1, 0.15) is 0 Å². The molecule has 0 fully saturated rings. The van der Waals surface area contributed by atoms with Crippen LogP contribution in [0.3, 0.4) is 0 Å². The third kappa shape index (κ3) is 2.87. The molecule has 0 radical (unpaired) electrons. The molecular weight excluding hydrogens is 248 g/mol. The number of nitrogens with one attached hydrogen (secondary N) is 1. The second-order valence-electron chi connectivity index (χ2n) is 3.71. The zero-order valence-corrected chi connectivity index (χ0v) is 10.5. The standard InChI is InChI=1S/C14H13ClN2O/c15-8-3-4-9-17-14(18)12-7-10-16-13-6-2-1-5-11(12)13/h1-7,10H,8-9H2,(H,17,18)/b4-3+. The lowest BCUT2D eigenvalue weighted by Crippen LogP contribution is -2.23. The Hall–Kier alpha value is -1.87. The maximum atomic E-state index is 12.0. The molecule has 2 rings (SSSR count). The molecule has 0 atom stereocenters. The number of nitrogens with zero attached hydrogens (tertiary/aromatic N) is 1. The summed E-state index contributed by atoms with van der Waals surface area (Å²) in [4.78, 5) is 16.2. The van der Waals surface area contributed by atoms with Gasteiger partial charge >= 0.3 is 0 Å². The maximum absolute atomic E-state index is 12.0. The number of aromatic nitrogens is 1. The normalized spacial score (nSPS) is 10.9. The highest BCUT2D eigenvalue weighted by Crippen LogP contribution is 2.15. The van der Waals surface area contributed by atoms with Gasteiger partial charge in [-0.15, -0.1) is 11.6 Å². The van der Waals surface area contributed by atoms with Crippen LogP contribution < -0.4 is 5.32 Å². The lowest BCUT2D eigenvalue weighted by molar-refractivity contribution is 0.0959. The first-order valence-corrected chi connectivity index (χ1v) is 6.19. The fraction of sp³-hybridized carbons (Fsp3) is 0.143. The van der Waals surface area contributed by atoms with Crippen molar-refractivity contribution >= 4 is 28.4 Å². The molecule has 2 aromatic rings. The summed E-state index contributed by atoms with van der Waals surface area (Å²) in [5, 5.41) is 3.67. The number of carbonyl (C=O) groups excluding carboxylic acids is 1. The average molecular weight is 261 g/mol. The molecule has 0 aliphatic carbocycles. The van der Waals surface area contributed by atoms with Crippen molar-refractivity contribution in [3.05, 3.63) is 54.2 Å². The van der Waals surface area contributed by atoms with E-state index in [4.69, 9.17) is 11.6 Å². The lowest BCUT2D eigenvalue weighted by atomic mass is 10.1. The Labute approximate surface area is 110 Å². The Balaban J connectivity index is 2.20. The van der Waals surface area contributed by atoms with Gasteiger partial charge in [0.2, 0.25) is 0 Å². The number of hydrogen-bond donors (Lipinski definition) is 1. The minimum atomic E-state index is -0.104. The van der Waals surface area contributed by atoms with Crippen molar-refractivity contribution in [2.75, 3.05) is 12.4 Å². The molecule has 0 aliphatic rings. The second-order valence-corrected chi connectivity index (χ2v) is 4.02. The van der Waals surface area contributed by atoms with Crippen LogP contribution in [0.15, 0.2) is 48.7 Å². The number of hydrogen-bond acceptors (Lipinski definition) is 2. The number of alkyl halides is 1. The molecule has 4 heteroatoms. The quantitative estimate of drug-likeness (QED) is 0.678. The summed E-state index contributed by atoms with van der Waals surface area (Å²) in [6.45, 7) is 0.474. The van der Waals surface area contributed by atoms with E-state index in [0.717, 1.165) is 10.9 Å². The van der Waals surface area contributed by atoms with E-state index < -0.39 is 0 Å². The van der Waals surface area contributed by atoms with Crippen LogP contribution in [0.25, 0.3) is 10.9 Å². The topological polar surface area (TPSA) is 42.0 Å². The summed E-state index contributed by atoms with van der Waals surface area (Å²) in [5.74, 6) is 0.349. The highest BCUT2D eigenvalue weighted by atomic mass is 35.5. The van der Waals surface area contributed by atoms with Crippen LogP contribution in [0.4, 0.5) is 0 Å². The van der Waals surface area contributed by atoms with E-state index >= 15 is 0 Å². The molecule has 1 heterocycles. The number of carbonyl (C=O) groups is 1. The van der Waals surface area contributed by atoms with E-state index in [-0.39, 0.29) is 5.91 Å². The van der Waals surface area contributed by atoms with Gasteiger partial charge in [-0.1, -0.05) is 30.4 Å². The first-order valence-electron chi connectivity index (χ1n) is 5.66. The average Bonchev–Trinajstić information content (AvgIpc) is 2.43. The van der Waals surface area contributed by atoms with Crippen molar-refractivity contribution in [1.82, 2.24) is 10.3 Å². The van der Waals surface area contributed by atoms with Crippen LogP contribution in [0.1, 0.15) is 10.4 Å². The highest BCUT2D eigenvalue weighted by molar-refractivity contribution is 6.18. The van der Waals surface area contributed by atoms with Gasteiger partial charge < -0.3 is 5.32 Å². The number of amides is 1.